The van der Waals surface area contributed by atoms with Crippen molar-refractivity contribution < 1.29 is 13.2 Å². The van der Waals surface area contributed by atoms with Crippen molar-refractivity contribution in [2.45, 2.75) is 6.18 Å². The molecule has 0 fully saturated rings. The highest BCUT2D eigenvalue weighted by Gasteiger charge is 2.33. The average Bonchev–Trinajstić information content (AvgIpc) is 2.31. The molecule has 3 nitrogen and oxygen atoms in total. The van der Waals surface area contributed by atoms with E-state index in [1.54, 1.807) is 0 Å². The lowest BCUT2D eigenvalue weighted by Gasteiger charge is -2.05. The molecule has 0 unspecified atom stereocenters. The van der Waals surface area contributed by atoms with Crippen LogP contribution in [0, 0.1) is 0 Å². The van der Waals surface area contributed by atoms with Crippen molar-refractivity contribution in [2.75, 3.05) is 5.43 Å². The van der Waals surface area contributed by atoms with Gasteiger partial charge >= 0.3 is 6.18 Å². The molecule has 0 saturated carbocycles. The Kier molecular flexibility index (Phi) is 1.77. The Morgan fingerprint density at radius 1 is 1.36 bits per heavy atom. The number of H-pyrrole nitrogens is 1. The van der Waals surface area contributed by atoms with Gasteiger partial charge in [-0.2, -0.15) is 13.2 Å². The molecule has 0 atom stereocenters. The number of hydrogen-bond acceptors (Lipinski definition) is 2. The standard InChI is InChI=1S/C5H6F3N3/c6-5(7,8)3-1-10-2-4(3)11-9/h1-2,10-11H,9H2. The maximum absolute atomic E-state index is 12.0. The van der Waals surface area contributed by atoms with E-state index in [0.717, 1.165) is 12.4 Å². The summed E-state index contributed by atoms with van der Waals surface area (Å²) in [6, 6.07) is 0. The van der Waals surface area contributed by atoms with Gasteiger partial charge in [-0.05, 0) is 0 Å². The van der Waals surface area contributed by atoms with Crippen LogP contribution in [0.5, 0.6) is 0 Å². The molecule has 1 heterocycles. The van der Waals surface area contributed by atoms with E-state index in [1.165, 1.54) is 0 Å². The number of nitrogens with one attached hydrogen (secondary N) is 2. The van der Waals surface area contributed by atoms with Gasteiger partial charge in [0.25, 0.3) is 0 Å². The van der Waals surface area contributed by atoms with E-state index in [0.29, 0.717) is 0 Å². The molecule has 0 bridgehead atoms. The van der Waals surface area contributed by atoms with Crippen LogP contribution < -0.4 is 11.3 Å². The molecule has 62 valence electrons. The molecular weight excluding hydrogens is 159 g/mol. The van der Waals surface area contributed by atoms with Crippen LogP contribution in [-0.4, -0.2) is 4.98 Å². The van der Waals surface area contributed by atoms with Gasteiger partial charge < -0.3 is 10.4 Å². The molecule has 0 radical (unpaired) electrons. The number of nitrogens with two attached hydrogens (primary N) is 1. The predicted molar refractivity (Wildman–Crippen MR) is 33.6 cm³/mol. The highest BCUT2D eigenvalue weighted by atomic mass is 19.4. The summed E-state index contributed by atoms with van der Waals surface area (Å²) in [4.78, 5) is 2.29. The molecule has 6 heteroatoms. The second-order valence-electron chi connectivity index (χ2n) is 1.92. The lowest BCUT2D eigenvalue weighted by molar-refractivity contribution is -0.136. The van der Waals surface area contributed by atoms with Crippen molar-refractivity contribution in [2.24, 2.45) is 5.84 Å². The lowest BCUT2D eigenvalue weighted by Crippen LogP contribution is -2.12. The first-order valence-corrected chi connectivity index (χ1v) is 2.76. The number of halogens is 3. The third kappa shape index (κ3) is 1.45. The second kappa shape index (κ2) is 2.46. The summed E-state index contributed by atoms with van der Waals surface area (Å²) in [5.74, 6) is 4.82. The van der Waals surface area contributed by atoms with Gasteiger partial charge in [-0.15, -0.1) is 0 Å². The van der Waals surface area contributed by atoms with E-state index < -0.39 is 11.7 Å². The van der Waals surface area contributed by atoms with Gasteiger partial charge in [0.2, 0.25) is 0 Å². The molecule has 1 aromatic heterocycles. The predicted octanol–water partition coefficient (Wildman–Crippen LogP) is 1.32. The molecular formula is C5H6F3N3. The Bertz CT molecular complexity index is 239. The zero-order valence-electron chi connectivity index (χ0n) is 5.37. The number of hydrazine groups is 1. The average molecular weight is 165 g/mol. The molecule has 0 aliphatic rings. The Labute approximate surface area is 60.4 Å². The van der Waals surface area contributed by atoms with Gasteiger partial charge in [0.1, 0.15) is 0 Å². The molecule has 1 rings (SSSR count). The van der Waals surface area contributed by atoms with Crippen molar-refractivity contribution >= 4 is 5.69 Å². The maximum atomic E-state index is 12.0. The monoisotopic (exact) mass is 165 g/mol. The van der Waals surface area contributed by atoms with Crippen LogP contribution in [0.3, 0.4) is 0 Å². The largest absolute Gasteiger partial charge is 0.419 e. The van der Waals surface area contributed by atoms with Gasteiger partial charge in [0.15, 0.2) is 0 Å². The molecule has 1 aromatic rings. The summed E-state index contributed by atoms with van der Waals surface area (Å²) in [7, 11) is 0. The Morgan fingerprint density at radius 3 is 2.36 bits per heavy atom. The normalized spacial score (nSPS) is 11.6. The molecule has 0 aliphatic heterocycles. The van der Waals surface area contributed by atoms with Crippen molar-refractivity contribution in [3.63, 3.8) is 0 Å². The highest BCUT2D eigenvalue weighted by Crippen LogP contribution is 2.33. The van der Waals surface area contributed by atoms with Crippen LogP contribution in [0.25, 0.3) is 0 Å². The number of hydrogen-bond donors (Lipinski definition) is 3. The number of aromatic amines is 1. The molecule has 0 amide bonds. The fourth-order valence-corrected chi connectivity index (χ4v) is 0.718. The van der Waals surface area contributed by atoms with Crippen LogP contribution in [0.4, 0.5) is 18.9 Å². The zero-order valence-corrected chi connectivity index (χ0v) is 5.37. The molecule has 0 aliphatic carbocycles. The summed E-state index contributed by atoms with van der Waals surface area (Å²) in [5.41, 5.74) is 0.984. The molecule has 0 spiro atoms. The number of alkyl halides is 3. The van der Waals surface area contributed by atoms with Gasteiger partial charge in [0.05, 0.1) is 11.3 Å². The van der Waals surface area contributed by atoms with Gasteiger partial charge in [0, 0.05) is 12.4 Å². The zero-order chi connectivity index (χ0) is 8.48. The Hall–Kier alpha value is -1.17. The Balaban J connectivity index is 3.02. The van der Waals surface area contributed by atoms with Crippen LogP contribution in [0.1, 0.15) is 5.56 Å². The van der Waals surface area contributed by atoms with Crippen molar-refractivity contribution in [1.29, 1.82) is 0 Å². The van der Waals surface area contributed by atoms with E-state index in [9.17, 15) is 13.2 Å². The topological polar surface area (TPSA) is 53.8 Å². The molecule has 0 aromatic carbocycles. The minimum atomic E-state index is -4.36. The maximum Gasteiger partial charge on any atom is 0.419 e. The SMILES string of the molecule is NNc1c[nH]cc1C(F)(F)F. The van der Waals surface area contributed by atoms with Crippen LogP contribution in [0.15, 0.2) is 12.4 Å². The molecule has 11 heavy (non-hydrogen) atoms. The van der Waals surface area contributed by atoms with Crippen LogP contribution in [0.2, 0.25) is 0 Å². The summed E-state index contributed by atoms with van der Waals surface area (Å²) in [6.07, 6.45) is -2.38. The molecule has 4 N–H and O–H groups in total. The summed E-state index contributed by atoms with van der Waals surface area (Å²) in [5, 5.41) is 0. The van der Waals surface area contributed by atoms with Gasteiger partial charge in [-0.25, -0.2) is 0 Å². The third-order valence-corrected chi connectivity index (χ3v) is 1.21. The summed E-state index contributed by atoms with van der Waals surface area (Å²) < 4.78 is 35.9. The number of anilines is 1. The fourth-order valence-electron chi connectivity index (χ4n) is 0.718. The van der Waals surface area contributed by atoms with E-state index in [-0.39, 0.29) is 5.69 Å². The fraction of sp³-hybridized carbons (Fsp3) is 0.200. The van der Waals surface area contributed by atoms with Crippen LogP contribution >= 0.6 is 0 Å². The minimum absolute atomic E-state index is 0.155. The smallest absolute Gasteiger partial charge is 0.365 e. The van der Waals surface area contributed by atoms with Crippen LogP contribution in [-0.2, 0) is 6.18 Å². The third-order valence-electron chi connectivity index (χ3n) is 1.21. The number of nitrogen functional groups attached to an aromatic ring is 1. The van der Waals surface area contributed by atoms with E-state index >= 15 is 0 Å². The lowest BCUT2D eigenvalue weighted by atomic mass is 10.3. The quantitative estimate of drug-likeness (QED) is 0.434. The van der Waals surface area contributed by atoms with E-state index in [4.69, 9.17) is 5.84 Å². The first-order chi connectivity index (χ1) is 5.05. The minimum Gasteiger partial charge on any atom is -0.365 e. The summed E-state index contributed by atoms with van der Waals surface area (Å²) >= 11 is 0. The summed E-state index contributed by atoms with van der Waals surface area (Å²) in [6.45, 7) is 0. The van der Waals surface area contributed by atoms with Crippen molar-refractivity contribution in [1.82, 2.24) is 4.98 Å². The highest BCUT2D eigenvalue weighted by molar-refractivity contribution is 5.49. The van der Waals surface area contributed by atoms with Crippen molar-refractivity contribution in [3.8, 4) is 0 Å². The number of rotatable bonds is 1. The molecule has 0 saturated heterocycles. The van der Waals surface area contributed by atoms with E-state index in [1.807, 2.05) is 5.43 Å². The van der Waals surface area contributed by atoms with E-state index in [2.05, 4.69) is 4.98 Å². The number of aromatic nitrogens is 1. The van der Waals surface area contributed by atoms with Crippen molar-refractivity contribution in [3.05, 3.63) is 18.0 Å². The van der Waals surface area contributed by atoms with Gasteiger partial charge in [-0.3, -0.25) is 5.84 Å². The Morgan fingerprint density at radius 2 is 2.00 bits per heavy atom. The second-order valence-corrected chi connectivity index (χ2v) is 1.92. The first-order valence-electron chi connectivity index (χ1n) is 2.76. The van der Waals surface area contributed by atoms with Gasteiger partial charge in [-0.1, -0.05) is 0 Å². The first kappa shape index (κ1) is 7.93.